The summed E-state index contributed by atoms with van der Waals surface area (Å²) in [5.41, 5.74) is 9.83. The molecule has 12 heteroatoms. The number of aromatic nitrogens is 7. The van der Waals surface area contributed by atoms with Crippen LogP contribution in [0.1, 0.15) is 25.2 Å². The molecule has 196 valence electrons. The van der Waals surface area contributed by atoms with Crippen LogP contribution < -0.4 is 15.2 Å². The maximum absolute atomic E-state index is 8.58. The van der Waals surface area contributed by atoms with Crippen LogP contribution in [0.15, 0.2) is 43.1 Å². The molecule has 1 amide bonds. The van der Waals surface area contributed by atoms with E-state index in [1.165, 1.54) is 11.3 Å². The van der Waals surface area contributed by atoms with Gasteiger partial charge in [-0.2, -0.15) is 0 Å². The number of rotatable bonds is 5. The van der Waals surface area contributed by atoms with Gasteiger partial charge in [0.1, 0.15) is 16.5 Å². The SMILES string of the molecule is CC.COc1cnc(-c2cnc3nc(-c4cnc(C)cc4-c4cc(C)ncc4OC)sc3n2)nc1.NC=O. The van der Waals surface area contributed by atoms with Gasteiger partial charge in [0.25, 0.3) is 0 Å². The van der Waals surface area contributed by atoms with Gasteiger partial charge in [0.2, 0.25) is 6.41 Å². The Morgan fingerprint density at radius 1 is 0.789 bits per heavy atom. The van der Waals surface area contributed by atoms with E-state index in [4.69, 9.17) is 19.3 Å². The fraction of sp³-hybridized carbons (Fsp3) is 0.231. The number of ether oxygens (including phenoxy) is 2. The van der Waals surface area contributed by atoms with E-state index in [1.54, 1.807) is 39.0 Å². The molecule has 0 saturated heterocycles. The second-order valence-electron chi connectivity index (χ2n) is 7.38. The predicted molar refractivity (Wildman–Crippen MR) is 147 cm³/mol. The number of amides is 1. The molecule has 38 heavy (non-hydrogen) atoms. The number of nitrogens with zero attached hydrogens (tertiary/aromatic N) is 7. The second kappa shape index (κ2) is 13.1. The summed E-state index contributed by atoms with van der Waals surface area (Å²) in [6.45, 7) is 7.90. The van der Waals surface area contributed by atoms with Crippen molar-refractivity contribution in [2.24, 2.45) is 5.73 Å². The Kier molecular flexibility index (Phi) is 9.66. The molecule has 0 saturated carbocycles. The fourth-order valence-corrected chi connectivity index (χ4v) is 4.29. The first-order valence-electron chi connectivity index (χ1n) is 11.6. The van der Waals surface area contributed by atoms with Crippen LogP contribution in [0.5, 0.6) is 11.5 Å². The van der Waals surface area contributed by atoms with Crippen LogP contribution in [0.4, 0.5) is 0 Å². The number of thiazole rings is 1. The standard InChI is InChI=1S/C23H19N7O2S.C2H6.CH3NO/c1-12-5-15(16-6-13(2)25-11-19(16)32-4)17(9-24-12)22-30-21-23(33-22)29-18(10-28-21)20-26-7-14(31-3)8-27-20;1-2;2-1-3/h5-11H,1-4H3;1-2H3;1H,(H2,2,3). The Morgan fingerprint density at radius 2 is 1.42 bits per heavy atom. The third kappa shape index (κ3) is 6.21. The number of hydrogen-bond donors (Lipinski definition) is 1. The third-order valence-electron chi connectivity index (χ3n) is 5.00. The maximum atomic E-state index is 8.58. The highest BCUT2D eigenvalue weighted by Crippen LogP contribution is 2.39. The minimum Gasteiger partial charge on any atom is -0.494 e. The monoisotopic (exact) mass is 532 g/mol. The lowest BCUT2D eigenvalue weighted by atomic mass is 10.0. The smallest absolute Gasteiger partial charge is 0.204 e. The van der Waals surface area contributed by atoms with E-state index in [2.05, 4.69) is 35.6 Å². The van der Waals surface area contributed by atoms with Crippen molar-refractivity contribution in [1.29, 1.82) is 0 Å². The van der Waals surface area contributed by atoms with Gasteiger partial charge < -0.3 is 15.2 Å². The molecular weight excluding hydrogens is 504 g/mol. The van der Waals surface area contributed by atoms with E-state index in [0.29, 0.717) is 33.5 Å². The van der Waals surface area contributed by atoms with Gasteiger partial charge in [0.05, 0.1) is 39.0 Å². The maximum Gasteiger partial charge on any atom is 0.204 e. The largest absolute Gasteiger partial charge is 0.494 e. The zero-order valence-electron chi connectivity index (χ0n) is 22.0. The molecule has 11 nitrogen and oxygen atoms in total. The lowest BCUT2D eigenvalue weighted by Gasteiger charge is -2.12. The molecule has 0 spiro atoms. The molecular formula is C26H28N8O3S. The average Bonchev–Trinajstić information content (AvgIpc) is 3.38. The van der Waals surface area contributed by atoms with Crippen molar-refractivity contribution in [2.75, 3.05) is 14.2 Å². The fourth-order valence-electron chi connectivity index (χ4n) is 3.37. The molecule has 0 aliphatic rings. The first-order valence-corrected chi connectivity index (χ1v) is 12.4. The molecule has 5 heterocycles. The molecule has 2 N–H and O–H groups in total. The van der Waals surface area contributed by atoms with Crippen LogP contribution in [0, 0.1) is 13.8 Å². The molecule has 0 bridgehead atoms. The number of hydrogen-bond acceptors (Lipinski definition) is 11. The summed E-state index contributed by atoms with van der Waals surface area (Å²) in [5, 5.41) is 0.761. The Balaban J connectivity index is 0.000000748. The highest BCUT2D eigenvalue weighted by atomic mass is 32.1. The van der Waals surface area contributed by atoms with Gasteiger partial charge in [0, 0.05) is 28.7 Å². The lowest BCUT2D eigenvalue weighted by Crippen LogP contribution is -1.95. The first kappa shape index (κ1) is 28.0. The molecule has 0 aliphatic heterocycles. The normalized spacial score (nSPS) is 10.1. The first-order chi connectivity index (χ1) is 18.5. The highest BCUT2D eigenvalue weighted by Gasteiger charge is 2.18. The van der Waals surface area contributed by atoms with Crippen molar-refractivity contribution in [3.8, 4) is 44.7 Å². The third-order valence-corrected chi connectivity index (χ3v) is 5.97. The van der Waals surface area contributed by atoms with Crippen molar-refractivity contribution in [3.05, 3.63) is 54.5 Å². The van der Waals surface area contributed by atoms with Gasteiger partial charge in [0.15, 0.2) is 22.1 Å². The number of aryl methyl sites for hydroxylation is 2. The van der Waals surface area contributed by atoms with Gasteiger partial charge in [-0.15, -0.1) is 0 Å². The van der Waals surface area contributed by atoms with E-state index in [-0.39, 0.29) is 6.41 Å². The van der Waals surface area contributed by atoms with Gasteiger partial charge in [-0.05, 0) is 31.5 Å². The zero-order valence-corrected chi connectivity index (χ0v) is 22.8. The van der Waals surface area contributed by atoms with Gasteiger partial charge >= 0.3 is 0 Å². The number of primary amides is 1. The molecule has 0 radical (unpaired) electrons. The van der Waals surface area contributed by atoms with E-state index in [9.17, 15) is 0 Å². The van der Waals surface area contributed by atoms with Gasteiger partial charge in [-0.1, -0.05) is 25.2 Å². The van der Waals surface area contributed by atoms with Crippen molar-refractivity contribution >= 4 is 28.2 Å². The summed E-state index contributed by atoms with van der Waals surface area (Å²) in [5.74, 6) is 1.73. The number of carbonyl (C=O) groups is 1. The summed E-state index contributed by atoms with van der Waals surface area (Å²) in [6, 6.07) is 4.02. The van der Waals surface area contributed by atoms with Crippen LogP contribution in [-0.2, 0) is 4.79 Å². The van der Waals surface area contributed by atoms with Crippen LogP contribution >= 0.6 is 11.3 Å². The van der Waals surface area contributed by atoms with Crippen LogP contribution in [-0.4, -0.2) is 55.5 Å². The Hall–Kier alpha value is -4.58. The zero-order chi connectivity index (χ0) is 27.7. The van der Waals surface area contributed by atoms with Gasteiger partial charge in [-0.25, -0.2) is 24.9 Å². The number of nitrogens with two attached hydrogens (primary N) is 1. The topological polar surface area (TPSA) is 152 Å². The predicted octanol–water partition coefficient (Wildman–Crippen LogP) is 4.43. The minimum absolute atomic E-state index is 0.250. The molecule has 5 rings (SSSR count). The van der Waals surface area contributed by atoms with Crippen LogP contribution in [0.3, 0.4) is 0 Å². The molecule has 0 aliphatic carbocycles. The Labute approximate surface area is 224 Å². The van der Waals surface area contributed by atoms with E-state index >= 15 is 0 Å². The summed E-state index contributed by atoms with van der Waals surface area (Å²) in [4.78, 5) is 40.6. The summed E-state index contributed by atoms with van der Waals surface area (Å²) in [6.07, 6.45) is 8.62. The minimum atomic E-state index is 0.250. The van der Waals surface area contributed by atoms with Gasteiger partial charge in [-0.3, -0.25) is 14.8 Å². The van der Waals surface area contributed by atoms with Crippen LogP contribution in [0.2, 0.25) is 0 Å². The number of carbonyl (C=O) groups excluding carboxylic acids is 1. The van der Waals surface area contributed by atoms with E-state index in [0.717, 1.165) is 33.1 Å². The van der Waals surface area contributed by atoms with Crippen molar-refractivity contribution in [2.45, 2.75) is 27.7 Å². The quantitative estimate of drug-likeness (QED) is 0.322. The molecule has 5 aromatic rings. The van der Waals surface area contributed by atoms with E-state index < -0.39 is 0 Å². The summed E-state index contributed by atoms with van der Waals surface area (Å²) in [7, 11) is 3.21. The Bertz CT molecular complexity index is 1520. The van der Waals surface area contributed by atoms with Crippen LogP contribution in [0.25, 0.3) is 43.7 Å². The number of methoxy groups -OCH3 is 2. The summed E-state index contributed by atoms with van der Waals surface area (Å²) < 4.78 is 10.7. The average molecular weight is 533 g/mol. The highest BCUT2D eigenvalue weighted by molar-refractivity contribution is 7.21. The molecule has 0 unspecified atom stereocenters. The lowest BCUT2D eigenvalue weighted by molar-refractivity contribution is -0.106. The second-order valence-corrected chi connectivity index (χ2v) is 8.36. The Morgan fingerprint density at radius 3 is 2.05 bits per heavy atom. The summed E-state index contributed by atoms with van der Waals surface area (Å²) >= 11 is 1.44. The van der Waals surface area contributed by atoms with Crippen molar-refractivity contribution in [1.82, 2.24) is 34.9 Å². The number of pyridine rings is 2. The van der Waals surface area contributed by atoms with E-state index in [1.807, 2.05) is 46.0 Å². The van der Waals surface area contributed by atoms with Crippen molar-refractivity contribution in [3.63, 3.8) is 0 Å². The van der Waals surface area contributed by atoms with Crippen molar-refractivity contribution < 1.29 is 14.3 Å². The molecule has 0 aromatic carbocycles. The molecule has 0 fully saturated rings. The molecule has 0 atom stereocenters. The molecule has 5 aromatic heterocycles. The number of fused-ring (bicyclic) bond motifs is 1.